The fourth-order valence-electron chi connectivity index (χ4n) is 2.37. The van der Waals surface area contributed by atoms with Crippen LogP contribution in [-0.4, -0.2) is 10.1 Å². The summed E-state index contributed by atoms with van der Waals surface area (Å²) in [6, 6.07) is 14.9. The number of nitrogens with zero attached hydrogens (tertiary/aromatic N) is 1. The number of hydrogen-bond donors (Lipinski definition) is 1. The first-order valence-electron chi connectivity index (χ1n) is 6.56. The van der Waals surface area contributed by atoms with Crippen LogP contribution < -0.4 is 0 Å². The Labute approximate surface area is 120 Å². The minimum Gasteiger partial charge on any atom is -0.384 e. The molecule has 0 aliphatic carbocycles. The molecule has 2 nitrogen and oxygen atoms in total. The zero-order valence-electron chi connectivity index (χ0n) is 11.1. The van der Waals surface area contributed by atoms with E-state index in [4.69, 9.17) is 0 Å². The van der Waals surface area contributed by atoms with Crippen molar-refractivity contribution in [3.8, 4) is 0 Å². The number of aliphatic hydroxyl groups excluding tert-OH is 1. The van der Waals surface area contributed by atoms with E-state index in [1.54, 1.807) is 12.3 Å². The average molecular weight is 285 g/mol. The molecule has 3 aromatic rings. The Morgan fingerprint density at radius 2 is 1.57 bits per heavy atom. The molecule has 4 heteroatoms. The first-order chi connectivity index (χ1) is 10.2. The van der Waals surface area contributed by atoms with Gasteiger partial charge in [-0.3, -0.25) is 4.98 Å². The van der Waals surface area contributed by atoms with Crippen LogP contribution in [0.1, 0.15) is 29.2 Å². The van der Waals surface area contributed by atoms with Crippen molar-refractivity contribution < 1.29 is 13.9 Å². The molecule has 1 aromatic heterocycles. The molecule has 0 fully saturated rings. The Hall–Kier alpha value is -2.33. The Balaban J connectivity index is 2.02. The van der Waals surface area contributed by atoms with Crippen molar-refractivity contribution in [2.24, 2.45) is 0 Å². The van der Waals surface area contributed by atoms with Gasteiger partial charge in [0, 0.05) is 17.1 Å². The summed E-state index contributed by atoms with van der Waals surface area (Å²) in [6.45, 7) is 0. The van der Waals surface area contributed by atoms with Gasteiger partial charge in [0.2, 0.25) is 0 Å². The van der Waals surface area contributed by atoms with Gasteiger partial charge in [-0.2, -0.15) is 0 Å². The average Bonchev–Trinajstić information content (AvgIpc) is 2.53. The Morgan fingerprint density at radius 3 is 2.29 bits per heavy atom. The Kier molecular flexibility index (Phi) is 3.62. The van der Waals surface area contributed by atoms with Crippen molar-refractivity contribution in [3.63, 3.8) is 0 Å². The summed E-state index contributed by atoms with van der Waals surface area (Å²) in [4.78, 5) is 4.24. The molecule has 3 rings (SSSR count). The summed E-state index contributed by atoms with van der Waals surface area (Å²) >= 11 is 0. The van der Waals surface area contributed by atoms with Crippen molar-refractivity contribution in [2.75, 3.05) is 0 Å². The quantitative estimate of drug-likeness (QED) is 0.780. The number of rotatable bonds is 3. The molecule has 0 amide bonds. The van der Waals surface area contributed by atoms with Crippen LogP contribution in [0.2, 0.25) is 0 Å². The lowest BCUT2D eigenvalue weighted by Crippen LogP contribution is -2.01. The van der Waals surface area contributed by atoms with E-state index in [2.05, 4.69) is 4.98 Å². The van der Waals surface area contributed by atoms with Gasteiger partial charge in [-0.15, -0.1) is 0 Å². The first-order valence-corrected chi connectivity index (χ1v) is 6.56. The molecule has 0 radical (unpaired) electrons. The lowest BCUT2D eigenvalue weighted by atomic mass is 9.97. The second-order valence-electron chi connectivity index (χ2n) is 4.79. The van der Waals surface area contributed by atoms with Gasteiger partial charge >= 0.3 is 0 Å². The van der Waals surface area contributed by atoms with Gasteiger partial charge in [0.25, 0.3) is 6.43 Å². The summed E-state index contributed by atoms with van der Waals surface area (Å²) in [7, 11) is 0. The van der Waals surface area contributed by atoms with Crippen molar-refractivity contribution >= 4 is 10.9 Å². The lowest BCUT2D eigenvalue weighted by Gasteiger charge is -2.14. The van der Waals surface area contributed by atoms with Crippen LogP contribution in [0.25, 0.3) is 10.9 Å². The number of halogens is 2. The summed E-state index contributed by atoms with van der Waals surface area (Å²) in [5, 5.41) is 11.4. The van der Waals surface area contributed by atoms with E-state index in [1.807, 2.05) is 24.3 Å². The van der Waals surface area contributed by atoms with E-state index in [0.29, 0.717) is 11.1 Å². The second-order valence-corrected chi connectivity index (χ2v) is 4.79. The number of hydrogen-bond acceptors (Lipinski definition) is 2. The molecular formula is C17H13F2NO. The molecule has 1 atom stereocenters. The minimum absolute atomic E-state index is 0.0504. The number of aromatic nitrogens is 1. The maximum atomic E-state index is 12.6. The van der Waals surface area contributed by atoms with E-state index in [9.17, 15) is 13.9 Å². The molecule has 21 heavy (non-hydrogen) atoms. The largest absolute Gasteiger partial charge is 0.384 e. The van der Waals surface area contributed by atoms with Crippen LogP contribution in [0.3, 0.4) is 0 Å². The van der Waals surface area contributed by atoms with Gasteiger partial charge in [-0.25, -0.2) is 8.78 Å². The second kappa shape index (κ2) is 5.58. The van der Waals surface area contributed by atoms with Crippen LogP contribution in [0.4, 0.5) is 8.78 Å². The van der Waals surface area contributed by atoms with E-state index < -0.39 is 12.5 Å². The predicted octanol–water partition coefficient (Wildman–Crippen LogP) is 4.25. The van der Waals surface area contributed by atoms with Gasteiger partial charge < -0.3 is 5.11 Å². The van der Waals surface area contributed by atoms with Crippen molar-refractivity contribution in [2.45, 2.75) is 12.5 Å². The summed E-state index contributed by atoms with van der Waals surface area (Å²) in [5.74, 6) is 0. The third-order valence-corrected chi connectivity index (χ3v) is 3.48. The van der Waals surface area contributed by atoms with Crippen LogP contribution in [0, 0.1) is 0 Å². The zero-order chi connectivity index (χ0) is 14.8. The summed E-state index contributed by atoms with van der Waals surface area (Å²) < 4.78 is 25.1. The van der Waals surface area contributed by atoms with Crippen LogP contribution in [0.15, 0.2) is 60.8 Å². The lowest BCUT2D eigenvalue weighted by molar-refractivity contribution is 0.151. The standard InChI is InChI=1S/C17H13F2NO/c18-17(19)12-8-6-11(7-9-12)16(21)14-3-1-5-15-13(14)4-2-10-20-15/h1-10,16-17,21H. The smallest absolute Gasteiger partial charge is 0.263 e. The molecule has 1 unspecified atom stereocenters. The fourth-order valence-corrected chi connectivity index (χ4v) is 2.37. The topological polar surface area (TPSA) is 33.1 Å². The van der Waals surface area contributed by atoms with Gasteiger partial charge in [0.1, 0.15) is 6.10 Å². The maximum absolute atomic E-state index is 12.6. The highest BCUT2D eigenvalue weighted by Crippen LogP contribution is 2.29. The van der Waals surface area contributed by atoms with E-state index >= 15 is 0 Å². The molecule has 106 valence electrons. The van der Waals surface area contributed by atoms with Crippen molar-refractivity contribution in [1.29, 1.82) is 0 Å². The zero-order valence-corrected chi connectivity index (χ0v) is 11.1. The van der Waals surface area contributed by atoms with Gasteiger partial charge in [-0.05, 0) is 23.3 Å². The third kappa shape index (κ3) is 2.62. The normalized spacial score (nSPS) is 12.8. The summed E-state index contributed by atoms with van der Waals surface area (Å²) in [5.41, 5.74) is 2.03. The van der Waals surface area contributed by atoms with Crippen LogP contribution in [-0.2, 0) is 0 Å². The summed E-state index contributed by atoms with van der Waals surface area (Å²) in [6.07, 6.45) is -1.68. The highest BCUT2D eigenvalue weighted by molar-refractivity contribution is 5.82. The number of alkyl halides is 2. The maximum Gasteiger partial charge on any atom is 0.263 e. The van der Waals surface area contributed by atoms with Crippen molar-refractivity contribution in [3.05, 3.63) is 77.5 Å². The van der Waals surface area contributed by atoms with Crippen molar-refractivity contribution in [1.82, 2.24) is 4.98 Å². The van der Waals surface area contributed by atoms with Gasteiger partial charge in [0.15, 0.2) is 0 Å². The number of aliphatic hydroxyl groups is 1. The van der Waals surface area contributed by atoms with E-state index in [0.717, 1.165) is 10.9 Å². The SMILES string of the molecule is OC(c1ccc(C(F)F)cc1)c1cccc2ncccc12. The van der Waals surface area contributed by atoms with E-state index in [1.165, 1.54) is 24.3 Å². The fraction of sp³-hybridized carbons (Fsp3) is 0.118. The minimum atomic E-state index is -2.50. The highest BCUT2D eigenvalue weighted by atomic mass is 19.3. The molecule has 0 saturated carbocycles. The monoisotopic (exact) mass is 285 g/mol. The molecule has 0 bridgehead atoms. The number of fused-ring (bicyclic) bond motifs is 1. The van der Waals surface area contributed by atoms with Crippen LogP contribution >= 0.6 is 0 Å². The molecule has 1 heterocycles. The van der Waals surface area contributed by atoms with Gasteiger partial charge in [-0.1, -0.05) is 42.5 Å². The third-order valence-electron chi connectivity index (χ3n) is 3.48. The molecular weight excluding hydrogens is 272 g/mol. The first kappa shape index (κ1) is 13.6. The number of benzene rings is 2. The molecule has 0 aliphatic rings. The number of pyridine rings is 1. The Bertz CT molecular complexity index is 751. The molecule has 0 saturated heterocycles. The molecule has 0 aliphatic heterocycles. The Morgan fingerprint density at radius 1 is 0.857 bits per heavy atom. The highest BCUT2D eigenvalue weighted by Gasteiger charge is 2.15. The van der Waals surface area contributed by atoms with Crippen LogP contribution in [0.5, 0.6) is 0 Å². The predicted molar refractivity (Wildman–Crippen MR) is 77.2 cm³/mol. The van der Waals surface area contributed by atoms with Gasteiger partial charge in [0.05, 0.1) is 5.52 Å². The van der Waals surface area contributed by atoms with E-state index in [-0.39, 0.29) is 5.56 Å². The molecule has 1 N–H and O–H groups in total. The molecule has 2 aromatic carbocycles. The molecule has 0 spiro atoms.